The van der Waals surface area contributed by atoms with E-state index >= 15 is 0 Å². The fourth-order valence-corrected chi connectivity index (χ4v) is 2.11. The highest BCUT2D eigenvalue weighted by atomic mass is 32.1. The minimum absolute atomic E-state index is 0.161. The number of hydrogen-bond donors (Lipinski definition) is 0. The van der Waals surface area contributed by atoms with E-state index in [4.69, 9.17) is 4.42 Å². The van der Waals surface area contributed by atoms with Crippen LogP contribution in [-0.2, 0) is 0 Å². The van der Waals surface area contributed by atoms with E-state index in [0.29, 0.717) is 10.8 Å². The van der Waals surface area contributed by atoms with Gasteiger partial charge in [0.1, 0.15) is 5.58 Å². The largest absolute Gasteiger partial charge is 0.452 e. The number of rotatable bonds is 2. The molecule has 0 N–H and O–H groups in total. The van der Waals surface area contributed by atoms with Crippen LogP contribution in [0.15, 0.2) is 46.3 Å². The normalized spacial score (nSPS) is 10.8. The fourth-order valence-electron chi connectivity index (χ4n) is 1.53. The van der Waals surface area contributed by atoms with Crippen molar-refractivity contribution in [3.63, 3.8) is 0 Å². The molecule has 0 aliphatic rings. The monoisotopic (exact) mass is 229 g/mol. The van der Waals surface area contributed by atoms with Gasteiger partial charge in [-0.25, -0.2) is 4.98 Å². The van der Waals surface area contributed by atoms with Gasteiger partial charge < -0.3 is 4.42 Å². The van der Waals surface area contributed by atoms with Crippen molar-refractivity contribution in [1.29, 1.82) is 0 Å². The SMILES string of the molecule is O=C(c1cc2ccccc2o1)c1nccs1. The van der Waals surface area contributed by atoms with E-state index in [2.05, 4.69) is 4.98 Å². The van der Waals surface area contributed by atoms with Crippen LogP contribution >= 0.6 is 11.3 Å². The smallest absolute Gasteiger partial charge is 0.256 e. The molecule has 0 aliphatic heterocycles. The Balaban J connectivity index is 2.10. The first-order valence-electron chi connectivity index (χ1n) is 4.77. The van der Waals surface area contributed by atoms with Crippen LogP contribution < -0.4 is 0 Å². The molecule has 0 unspecified atom stereocenters. The third-order valence-electron chi connectivity index (χ3n) is 2.28. The van der Waals surface area contributed by atoms with E-state index in [9.17, 15) is 4.79 Å². The van der Waals surface area contributed by atoms with Crippen LogP contribution in [-0.4, -0.2) is 10.8 Å². The van der Waals surface area contributed by atoms with Gasteiger partial charge in [-0.05, 0) is 12.1 Å². The topological polar surface area (TPSA) is 43.1 Å². The Morgan fingerprint density at radius 1 is 1.31 bits per heavy atom. The second-order valence-corrected chi connectivity index (χ2v) is 4.21. The maximum absolute atomic E-state index is 11.9. The van der Waals surface area contributed by atoms with Gasteiger partial charge in [-0.15, -0.1) is 11.3 Å². The van der Waals surface area contributed by atoms with Gasteiger partial charge in [0.05, 0.1) is 0 Å². The molecule has 0 aliphatic carbocycles. The summed E-state index contributed by atoms with van der Waals surface area (Å²) in [7, 11) is 0. The average Bonchev–Trinajstić information content (AvgIpc) is 2.97. The third kappa shape index (κ3) is 1.44. The van der Waals surface area contributed by atoms with Gasteiger partial charge in [-0.1, -0.05) is 18.2 Å². The van der Waals surface area contributed by atoms with Crippen LogP contribution in [0, 0.1) is 0 Å². The lowest BCUT2D eigenvalue weighted by molar-refractivity contribution is 0.101. The van der Waals surface area contributed by atoms with Crippen molar-refractivity contribution in [2.75, 3.05) is 0 Å². The maximum Gasteiger partial charge on any atom is 0.256 e. The molecule has 0 atom stereocenters. The lowest BCUT2D eigenvalue weighted by atomic mass is 10.2. The molecule has 0 saturated heterocycles. The standard InChI is InChI=1S/C12H7NO2S/c14-11(12-13-5-6-16-12)10-7-8-3-1-2-4-9(8)15-10/h1-7H. The lowest BCUT2D eigenvalue weighted by Gasteiger charge is -1.89. The molecule has 4 heteroatoms. The third-order valence-corrected chi connectivity index (χ3v) is 3.05. The Labute approximate surface area is 95.4 Å². The van der Waals surface area contributed by atoms with Crippen LogP contribution in [0.4, 0.5) is 0 Å². The Bertz CT molecular complexity index is 607. The Kier molecular flexibility index (Phi) is 2.08. The van der Waals surface area contributed by atoms with Crippen LogP contribution in [0.25, 0.3) is 11.0 Å². The minimum Gasteiger partial charge on any atom is -0.452 e. The molecular formula is C12H7NO2S. The van der Waals surface area contributed by atoms with Gasteiger partial charge in [0.25, 0.3) is 5.78 Å². The highest BCUT2D eigenvalue weighted by Gasteiger charge is 2.16. The summed E-state index contributed by atoms with van der Waals surface area (Å²) < 4.78 is 5.47. The summed E-state index contributed by atoms with van der Waals surface area (Å²) in [5.41, 5.74) is 0.724. The number of aromatic nitrogens is 1. The maximum atomic E-state index is 11.9. The zero-order valence-corrected chi connectivity index (χ0v) is 9.03. The van der Waals surface area contributed by atoms with Gasteiger partial charge in [0.2, 0.25) is 0 Å². The van der Waals surface area contributed by atoms with Crippen molar-refractivity contribution >= 4 is 28.1 Å². The minimum atomic E-state index is -0.161. The fraction of sp³-hybridized carbons (Fsp3) is 0. The zero-order chi connectivity index (χ0) is 11.0. The Hall–Kier alpha value is -1.94. The number of para-hydroxylation sites is 1. The van der Waals surface area contributed by atoms with E-state index in [1.807, 2.05) is 24.3 Å². The van der Waals surface area contributed by atoms with Gasteiger partial charge >= 0.3 is 0 Å². The van der Waals surface area contributed by atoms with Gasteiger partial charge in [-0.3, -0.25) is 4.79 Å². The van der Waals surface area contributed by atoms with Gasteiger partial charge in [-0.2, -0.15) is 0 Å². The predicted molar refractivity (Wildman–Crippen MR) is 61.8 cm³/mol. The first-order chi connectivity index (χ1) is 7.84. The summed E-state index contributed by atoms with van der Waals surface area (Å²) in [6.45, 7) is 0. The molecule has 0 amide bonds. The second kappa shape index (κ2) is 3.57. The second-order valence-electron chi connectivity index (χ2n) is 3.31. The first kappa shape index (κ1) is 9.30. The van der Waals surface area contributed by atoms with Gasteiger partial charge in [0.15, 0.2) is 10.8 Å². The Morgan fingerprint density at radius 2 is 2.19 bits per heavy atom. The van der Waals surface area contributed by atoms with Crippen molar-refractivity contribution in [1.82, 2.24) is 4.98 Å². The highest BCUT2D eigenvalue weighted by molar-refractivity contribution is 7.11. The number of benzene rings is 1. The summed E-state index contributed by atoms with van der Waals surface area (Å²) >= 11 is 1.32. The van der Waals surface area contributed by atoms with Gasteiger partial charge in [0, 0.05) is 17.0 Å². The van der Waals surface area contributed by atoms with Crippen molar-refractivity contribution < 1.29 is 9.21 Å². The number of carbonyl (C=O) groups excluding carboxylic acids is 1. The van der Waals surface area contributed by atoms with E-state index in [-0.39, 0.29) is 5.78 Å². The van der Waals surface area contributed by atoms with Crippen LogP contribution in [0.2, 0.25) is 0 Å². The molecule has 3 rings (SSSR count). The molecule has 16 heavy (non-hydrogen) atoms. The van der Waals surface area contributed by atoms with Crippen LogP contribution in [0.5, 0.6) is 0 Å². The van der Waals surface area contributed by atoms with Crippen molar-refractivity contribution in [2.24, 2.45) is 0 Å². The van der Waals surface area contributed by atoms with E-state index in [1.54, 1.807) is 17.6 Å². The number of ketones is 1. The summed E-state index contributed by atoms with van der Waals surface area (Å²) in [4.78, 5) is 15.9. The highest BCUT2D eigenvalue weighted by Crippen LogP contribution is 2.21. The predicted octanol–water partition coefficient (Wildman–Crippen LogP) is 3.12. The lowest BCUT2D eigenvalue weighted by Crippen LogP contribution is -1.97. The molecule has 0 saturated carbocycles. The molecule has 1 aromatic carbocycles. The molecule has 0 bridgehead atoms. The Morgan fingerprint density at radius 3 is 2.94 bits per heavy atom. The van der Waals surface area contributed by atoms with Crippen LogP contribution in [0.1, 0.15) is 15.6 Å². The van der Waals surface area contributed by atoms with E-state index in [0.717, 1.165) is 11.0 Å². The number of carbonyl (C=O) groups is 1. The number of fused-ring (bicyclic) bond motifs is 1. The molecule has 0 spiro atoms. The quantitative estimate of drug-likeness (QED) is 0.634. The molecule has 2 heterocycles. The zero-order valence-electron chi connectivity index (χ0n) is 8.21. The van der Waals surface area contributed by atoms with Crippen LogP contribution in [0.3, 0.4) is 0 Å². The summed E-state index contributed by atoms with van der Waals surface area (Å²) in [5.74, 6) is 0.183. The summed E-state index contributed by atoms with van der Waals surface area (Å²) in [6, 6.07) is 9.30. The number of thiazole rings is 1. The summed E-state index contributed by atoms with van der Waals surface area (Å²) in [5, 5.41) is 3.16. The molecule has 3 aromatic rings. The summed E-state index contributed by atoms with van der Waals surface area (Å²) in [6.07, 6.45) is 1.61. The molecule has 3 nitrogen and oxygen atoms in total. The average molecular weight is 229 g/mol. The first-order valence-corrected chi connectivity index (χ1v) is 5.65. The molecule has 78 valence electrons. The van der Waals surface area contributed by atoms with E-state index < -0.39 is 0 Å². The molecule has 0 fully saturated rings. The number of furan rings is 1. The van der Waals surface area contributed by atoms with E-state index in [1.165, 1.54) is 11.3 Å². The molecule has 0 radical (unpaired) electrons. The van der Waals surface area contributed by atoms with Crippen molar-refractivity contribution in [3.05, 3.63) is 52.7 Å². The number of hydrogen-bond acceptors (Lipinski definition) is 4. The van der Waals surface area contributed by atoms with Crippen molar-refractivity contribution in [3.8, 4) is 0 Å². The number of nitrogens with zero attached hydrogens (tertiary/aromatic N) is 1. The molecule has 2 aromatic heterocycles. The molecular weight excluding hydrogens is 222 g/mol. The van der Waals surface area contributed by atoms with Crippen molar-refractivity contribution in [2.45, 2.75) is 0 Å².